The zero-order valence-corrected chi connectivity index (χ0v) is 13.8. The molecule has 126 valence electrons. The van der Waals surface area contributed by atoms with Gasteiger partial charge in [0, 0.05) is 19.2 Å². The Hall–Kier alpha value is -2.69. The first-order valence-corrected chi connectivity index (χ1v) is 7.80. The maximum Gasteiger partial charge on any atom is 0.243 e. The molecule has 0 saturated heterocycles. The maximum atomic E-state index is 13.1. The second-order valence-electron chi connectivity index (χ2n) is 5.82. The summed E-state index contributed by atoms with van der Waals surface area (Å²) in [5.74, 6) is -0.814. The first-order chi connectivity index (χ1) is 11.5. The molecule has 0 radical (unpaired) electrons. The van der Waals surface area contributed by atoms with Gasteiger partial charge in [0.15, 0.2) is 0 Å². The van der Waals surface area contributed by atoms with Gasteiger partial charge in [-0.05, 0) is 29.7 Å². The standard InChI is InChI=1S/C19H21FN2O2/c1-14(15-7-4-3-5-8-15)11-19(24)22(2)13-18(23)21-17-10-6-9-16(20)12-17/h3-10,12,14H,11,13H2,1-2H3,(H,21,23)/t14-/m0/s1. The van der Waals surface area contributed by atoms with Crippen LogP contribution < -0.4 is 5.32 Å². The Morgan fingerprint density at radius 1 is 1.12 bits per heavy atom. The minimum absolute atomic E-state index is 0.0726. The number of likely N-dealkylation sites (N-methyl/N-ethyl adjacent to an activating group) is 1. The van der Waals surface area contributed by atoms with Crippen LogP contribution in [0.25, 0.3) is 0 Å². The highest BCUT2D eigenvalue weighted by atomic mass is 19.1. The lowest BCUT2D eigenvalue weighted by atomic mass is 9.97. The van der Waals surface area contributed by atoms with E-state index in [1.807, 2.05) is 37.3 Å². The van der Waals surface area contributed by atoms with E-state index in [2.05, 4.69) is 5.32 Å². The molecule has 5 heteroatoms. The van der Waals surface area contributed by atoms with Crippen LogP contribution in [0.3, 0.4) is 0 Å². The number of nitrogens with zero attached hydrogens (tertiary/aromatic N) is 1. The van der Waals surface area contributed by atoms with E-state index in [1.54, 1.807) is 13.1 Å². The number of nitrogens with one attached hydrogen (secondary N) is 1. The molecule has 4 nitrogen and oxygen atoms in total. The van der Waals surface area contributed by atoms with Crippen molar-refractivity contribution in [2.75, 3.05) is 18.9 Å². The molecule has 1 atom stereocenters. The van der Waals surface area contributed by atoms with Crippen LogP contribution in [0.1, 0.15) is 24.8 Å². The molecule has 0 unspecified atom stereocenters. The van der Waals surface area contributed by atoms with Crippen LogP contribution in [0.4, 0.5) is 10.1 Å². The van der Waals surface area contributed by atoms with Crippen LogP contribution in [0.5, 0.6) is 0 Å². The summed E-state index contributed by atoms with van der Waals surface area (Å²) in [4.78, 5) is 25.6. The third-order valence-electron chi connectivity index (χ3n) is 3.76. The molecule has 0 aromatic heterocycles. The van der Waals surface area contributed by atoms with Crippen LogP contribution in [0.2, 0.25) is 0 Å². The van der Waals surface area contributed by atoms with Gasteiger partial charge < -0.3 is 10.2 Å². The average molecular weight is 328 g/mol. The number of amides is 2. The van der Waals surface area contributed by atoms with Crippen LogP contribution in [-0.2, 0) is 9.59 Å². The Kier molecular flexibility index (Phi) is 6.07. The van der Waals surface area contributed by atoms with Crippen molar-refractivity contribution in [3.8, 4) is 0 Å². The fourth-order valence-electron chi connectivity index (χ4n) is 2.39. The van der Waals surface area contributed by atoms with Gasteiger partial charge in [-0.2, -0.15) is 0 Å². The van der Waals surface area contributed by atoms with Gasteiger partial charge in [0.05, 0.1) is 6.54 Å². The van der Waals surface area contributed by atoms with Gasteiger partial charge >= 0.3 is 0 Å². The fourth-order valence-corrected chi connectivity index (χ4v) is 2.39. The quantitative estimate of drug-likeness (QED) is 0.883. The van der Waals surface area contributed by atoms with Crippen LogP contribution in [0.15, 0.2) is 54.6 Å². The molecule has 2 aromatic rings. The van der Waals surface area contributed by atoms with E-state index >= 15 is 0 Å². The van der Waals surface area contributed by atoms with Crippen molar-refractivity contribution in [2.24, 2.45) is 0 Å². The zero-order chi connectivity index (χ0) is 17.5. The largest absolute Gasteiger partial charge is 0.336 e. The summed E-state index contributed by atoms with van der Waals surface area (Å²) in [6, 6.07) is 15.4. The number of rotatable bonds is 6. The monoisotopic (exact) mass is 328 g/mol. The van der Waals surface area contributed by atoms with E-state index in [4.69, 9.17) is 0 Å². The second-order valence-corrected chi connectivity index (χ2v) is 5.82. The van der Waals surface area contributed by atoms with Gasteiger partial charge in [-0.15, -0.1) is 0 Å². The Labute approximate surface area is 141 Å². The summed E-state index contributed by atoms with van der Waals surface area (Å²) in [5, 5.41) is 2.58. The molecule has 0 saturated carbocycles. The van der Waals surface area contributed by atoms with Gasteiger partial charge in [-0.1, -0.05) is 43.3 Å². The number of anilines is 1. The number of hydrogen-bond donors (Lipinski definition) is 1. The first kappa shape index (κ1) is 17.7. The number of carbonyl (C=O) groups excluding carboxylic acids is 2. The third-order valence-corrected chi connectivity index (χ3v) is 3.76. The average Bonchev–Trinajstić information content (AvgIpc) is 2.55. The highest BCUT2D eigenvalue weighted by molar-refractivity contribution is 5.94. The van der Waals surface area contributed by atoms with Crippen molar-refractivity contribution >= 4 is 17.5 Å². The summed E-state index contributed by atoms with van der Waals surface area (Å²) in [6.07, 6.45) is 0.327. The molecule has 0 aliphatic carbocycles. The smallest absolute Gasteiger partial charge is 0.243 e. The minimum Gasteiger partial charge on any atom is -0.336 e. The Bertz CT molecular complexity index is 704. The normalized spacial score (nSPS) is 11.6. The molecule has 1 N–H and O–H groups in total. The van der Waals surface area contributed by atoms with Gasteiger partial charge in [-0.25, -0.2) is 4.39 Å². The minimum atomic E-state index is -0.422. The second kappa shape index (κ2) is 8.24. The van der Waals surface area contributed by atoms with Crippen molar-refractivity contribution in [3.05, 3.63) is 66.0 Å². The summed E-state index contributed by atoms with van der Waals surface area (Å²) < 4.78 is 13.1. The predicted molar refractivity (Wildman–Crippen MR) is 92.1 cm³/mol. The van der Waals surface area contributed by atoms with E-state index in [9.17, 15) is 14.0 Å². The summed E-state index contributed by atoms with van der Waals surface area (Å²) >= 11 is 0. The Morgan fingerprint density at radius 2 is 1.83 bits per heavy atom. The summed E-state index contributed by atoms with van der Waals surface area (Å²) in [5.41, 5.74) is 1.46. The van der Waals surface area contributed by atoms with Crippen molar-refractivity contribution in [1.82, 2.24) is 4.90 Å². The zero-order valence-electron chi connectivity index (χ0n) is 13.8. The Balaban J connectivity index is 1.85. The van der Waals surface area contributed by atoms with Crippen molar-refractivity contribution in [1.29, 1.82) is 0 Å². The van der Waals surface area contributed by atoms with E-state index < -0.39 is 5.82 Å². The van der Waals surface area contributed by atoms with Gasteiger partial charge in [0.2, 0.25) is 11.8 Å². The molecule has 0 heterocycles. The van der Waals surface area contributed by atoms with Crippen LogP contribution in [-0.4, -0.2) is 30.3 Å². The third kappa shape index (κ3) is 5.19. The fraction of sp³-hybridized carbons (Fsp3) is 0.263. The summed E-state index contributed by atoms with van der Waals surface area (Å²) in [6.45, 7) is 1.91. The number of benzene rings is 2. The van der Waals surface area contributed by atoms with E-state index in [-0.39, 0.29) is 24.3 Å². The molecular weight excluding hydrogens is 307 g/mol. The summed E-state index contributed by atoms with van der Waals surface area (Å²) in [7, 11) is 1.59. The maximum absolute atomic E-state index is 13.1. The topological polar surface area (TPSA) is 49.4 Å². The lowest BCUT2D eigenvalue weighted by Crippen LogP contribution is -2.35. The molecule has 2 rings (SSSR count). The predicted octanol–water partition coefficient (Wildman–Crippen LogP) is 3.42. The number of halogens is 1. The SMILES string of the molecule is C[C@@H](CC(=O)N(C)CC(=O)Nc1cccc(F)c1)c1ccccc1. The molecule has 0 bridgehead atoms. The van der Waals surface area contributed by atoms with Crippen molar-refractivity contribution in [3.63, 3.8) is 0 Å². The lowest BCUT2D eigenvalue weighted by molar-refractivity contribution is -0.133. The number of carbonyl (C=O) groups is 2. The van der Waals surface area contributed by atoms with E-state index in [1.165, 1.54) is 23.1 Å². The number of hydrogen-bond acceptors (Lipinski definition) is 2. The van der Waals surface area contributed by atoms with Gasteiger partial charge in [0.25, 0.3) is 0 Å². The van der Waals surface area contributed by atoms with Crippen molar-refractivity contribution in [2.45, 2.75) is 19.3 Å². The van der Waals surface area contributed by atoms with Crippen LogP contribution in [0, 0.1) is 5.82 Å². The molecule has 2 aromatic carbocycles. The molecule has 0 fully saturated rings. The molecule has 0 aliphatic heterocycles. The Morgan fingerprint density at radius 3 is 2.50 bits per heavy atom. The highest BCUT2D eigenvalue weighted by Gasteiger charge is 2.17. The highest BCUT2D eigenvalue weighted by Crippen LogP contribution is 2.19. The van der Waals surface area contributed by atoms with E-state index in [0.717, 1.165) is 5.56 Å². The molecule has 0 spiro atoms. The molecule has 0 aliphatic rings. The van der Waals surface area contributed by atoms with Gasteiger partial charge in [0.1, 0.15) is 5.82 Å². The van der Waals surface area contributed by atoms with E-state index in [0.29, 0.717) is 12.1 Å². The molecular formula is C19H21FN2O2. The molecule has 2 amide bonds. The lowest BCUT2D eigenvalue weighted by Gasteiger charge is -2.19. The van der Waals surface area contributed by atoms with Crippen molar-refractivity contribution < 1.29 is 14.0 Å². The van der Waals surface area contributed by atoms with Crippen LogP contribution >= 0.6 is 0 Å². The molecule has 24 heavy (non-hydrogen) atoms. The van der Waals surface area contributed by atoms with Gasteiger partial charge in [-0.3, -0.25) is 9.59 Å². The first-order valence-electron chi connectivity index (χ1n) is 7.80.